The number of hydrogen-bond donors (Lipinski definition) is 0. The van der Waals surface area contributed by atoms with Crippen LogP contribution in [-0.2, 0) is 11.3 Å². The topological polar surface area (TPSA) is 39.4 Å². The number of ether oxygens (including phenoxy) is 1. The van der Waals surface area contributed by atoms with Gasteiger partial charge in [-0.25, -0.2) is 0 Å². The molecule has 3 heteroatoms. The van der Waals surface area contributed by atoms with E-state index in [2.05, 4.69) is 0 Å². The highest BCUT2D eigenvalue weighted by Gasteiger charge is 2.48. The van der Waals surface area contributed by atoms with Crippen LogP contribution in [0.2, 0.25) is 0 Å². The van der Waals surface area contributed by atoms with Gasteiger partial charge in [-0.1, -0.05) is 0 Å². The van der Waals surface area contributed by atoms with Crippen molar-refractivity contribution in [2.75, 3.05) is 7.11 Å². The van der Waals surface area contributed by atoms with E-state index in [-0.39, 0.29) is 11.7 Å². The molecule has 3 nitrogen and oxygen atoms in total. The maximum absolute atomic E-state index is 12.1. The SMILES string of the molecule is COCc1ccc(C(=O)C2CC3CC3C2)o1. The Hall–Kier alpha value is -1.09. The van der Waals surface area contributed by atoms with Crippen molar-refractivity contribution in [1.82, 2.24) is 0 Å². The minimum absolute atomic E-state index is 0.189. The molecule has 0 aromatic carbocycles. The predicted molar refractivity (Wildman–Crippen MR) is 58.1 cm³/mol. The van der Waals surface area contributed by atoms with Crippen molar-refractivity contribution in [1.29, 1.82) is 0 Å². The minimum Gasteiger partial charge on any atom is -0.456 e. The fraction of sp³-hybridized carbons (Fsp3) is 0.615. The van der Waals surface area contributed by atoms with Gasteiger partial charge in [0.2, 0.25) is 5.78 Å². The number of ketones is 1. The van der Waals surface area contributed by atoms with Crippen LogP contribution in [0.1, 0.15) is 35.6 Å². The third-order valence-corrected chi connectivity index (χ3v) is 3.81. The Morgan fingerprint density at radius 1 is 1.38 bits per heavy atom. The zero-order chi connectivity index (χ0) is 11.1. The highest BCUT2D eigenvalue weighted by molar-refractivity contribution is 5.95. The third kappa shape index (κ3) is 1.69. The summed E-state index contributed by atoms with van der Waals surface area (Å²) in [5, 5.41) is 0. The van der Waals surface area contributed by atoms with Gasteiger partial charge in [-0.05, 0) is 43.2 Å². The highest BCUT2D eigenvalue weighted by Crippen LogP contribution is 2.54. The van der Waals surface area contributed by atoms with E-state index in [4.69, 9.17) is 9.15 Å². The molecule has 0 bridgehead atoms. The summed E-state index contributed by atoms with van der Waals surface area (Å²) in [6, 6.07) is 3.60. The van der Waals surface area contributed by atoms with Gasteiger partial charge in [0, 0.05) is 13.0 Å². The van der Waals surface area contributed by atoms with Gasteiger partial charge in [0.15, 0.2) is 5.76 Å². The Balaban J connectivity index is 1.68. The van der Waals surface area contributed by atoms with E-state index in [0.717, 1.165) is 30.4 Å². The molecule has 0 saturated heterocycles. The van der Waals surface area contributed by atoms with Gasteiger partial charge >= 0.3 is 0 Å². The Labute approximate surface area is 94.8 Å². The monoisotopic (exact) mass is 220 g/mol. The largest absolute Gasteiger partial charge is 0.456 e. The van der Waals surface area contributed by atoms with Crippen molar-refractivity contribution in [3.63, 3.8) is 0 Å². The molecule has 2 aliphatic carbocycles. The number of hydrogen-bond acceptors (Lipinski definition) is 3. The predicted octanol–water partition coefficient (Wildman–Crippen LogP) is 2.65. The van der Waals surface area contributed by atoms with Gasteiger partial charge in [0.05, 0.1) is 0 Å². The molecule has 0 radical (unpaired) electrons. The molecule has 0 spiro atoms. The molecule has 1 aromatic heterocycles. The normalized spacial score (nSPS) is 31.4. The van der Waals surface area contributed by atoms with Crippen LogP contribution in [-0.4, -0.2) is 12.9 Å². The summed E-state index contributed by atoms with van der Waals surface area (Å²) in [6.45, 7) is 0.434. The molecule has 86 valence electrons. The fourth-order valence-corrected chi connectivity index (χ4v) is 2.86. The first kappa shape index (κ1) is 10.1. The molecule has 16 heavy (non-hydrogen) atoms. The van der Waals surface area contributed by atoms with Crippen molar-refractivity contribution in [2.24, 2.45) is 17.8 Å². The molecular weight excluding hydrogens is 204 g/mol. The van der Waals surface area contributed by atoms with Crippen LogP contribution in [0.3, 0.4) is 0 Å². The molecule has 2 aliphatic rings. The molecule has 0 N–H and O–H groups in total. The van der Waals surface area contributed by atoms with Gasteiger partial charge in [0.25, 0.3) is 0 Å². The van der Waals surface area contributed by atoms with E-state index in [0.29, 0.717) is 12.4 Å². The number of fused-ring (bicyclic) bond motifs is 1. The summed E-state index contributed by atoms with van der Waals surface area (Å²) in [6.07, 6.45) is 3.49. The van der Waals surface area contributed by atoms with Crippen molar-refractivity contribution < 1.29 is 13.9 Å². The smallest absolute Gasteiger partial charge is 0.201 e. The standard InChI is InChI=1S/C13H16O3/c1-15-7-11-2-3-12(16-11)13(14)10-5-8-4-9(8)6-10/h2-3,8-10H,4-7H2,1H3. The molecule has 1 heterocycles. The highest BCUT2D eigenvalue weighted by atomic mass is 16.5. The van der Waals surface area contributed by atoms with Gasteiger partial charge in [0.1, 0.15) is 12.4 Å². The van der Waals surface area contributed by atoms with Gasteiger partial charge in [-0.3, -0.25) is 4.79 Å². The number of Topliss-reactive ketones (excluding diaryl/α,β-unsaturated/α-hetero) is 1. The quantitative estimate of drug-likeness (QED) is 0.732. The van der Waals surface area contributed by atoms with E-state index in [1.807, 2.05) is 6.07 Å². The Morgan fingerprint density at radius 2 is 2.12 bits per heavy atom. The summed E-state index contributed by atoms with van der Waals surface area (Å²) in [7, 11) is 1.62. The Morgan fingerprint density at radius 3 is 2.81 bits per heavy atom. The summed E-state index contributed by atoms with van der Waals surface area (Å²) >= 11 is 0. The van der Waals surface area contributed by atoms with Crippen LogP contribution in [0, 0.1) is 17.8 Å². The van der Waals surface area contributed by atoms with Crippen molar-refractivity contribution >= 4 is 5.78 Å². The maximum Gasteiger partial charge on any atom is 0.201 e. The summed E-state index contributed by atoms with van der Waals surface area (Å²) in [5.41, 5.74) is 0. The fourth-order valence-electron chi connectivity index (χ4n) is 2.86. The first-order chi connectivity index (χ1) is 7.78. The average Bonchev–Trinajstić information content (AvgIpc) is 2.74. The van der Waals surface area contributed by atoms with Crippen LogP contribution in [0.4, 0.5) is 0 Å². The van der Waals surface area contributed by atoms with Crippen molar-refractivity contribution in [3.05, 3.63) is 23.7 Å². The van der Waals surface area contributed by atoms with Crippen LogP contribution in [0.5, 0.6) is 0 Å². The van der Waals surface area contributed by atoms with Gasteiger partial charge in [-0.15, -0.1) is 0 Å². The number of rotatable bonds is 4. The van der Waals surface area contributed by atoms with E-state index < -0.39 is 0 Å². The van der Waals surface area contributed by atoms with Crippen LogP contribution >= 0.6 is 0 Å². The van der Waals surface area contributed by atoms with E-state index in [1.54, 1.807) is 13.2 Å². The van der Waals surface area contributed by atoms with E-state index >= 15 is 0 Å². The van der Waals surface area contributed by atoms with Crippen LogP contribution in [0.15, 0.2) is 16.5 Å². The number of carbonyl (C=O) groups excluding carboxylic acids is 1. The molecule has 0 amide bonds. The number of methoxy groups -OCH3 is 1. The van der Waals surface area contributed by atoms with Gasteiger partial charge in [-0.2, -0.15) is 0 Å². The number of carbonyl (C=O) groups is 1. The first-order valence-corrected chi connectivity index (χ1v) is 5.90. The molecule has 2 saturated carbocycles. The Kier molecular flexibility index (Phi) is 2.36. The van der Waals surface area contributed by atoms with Gasteiger partial charge < -0.3 is 9.15 Å². The van der Waals surface area contributed by atoms with Crippen molar-refractivity contribution in [3.8, 4) is 0 Å². The number of furan rings is 1. The lowest BCUT2D eigenvalue weighted by molar-refractivity contribution is 0.0877. The molecular formula is C13H16O3. The second kappa shape index (κ2) is 3.74. The second-order valence-electron chi connectivity index (χ2n) is 4.99. The first-order valence-electron chi connectivity index (χ1n) is 5.90. The summed E-state index contributed by atoms with van der Waals surface area (Å²) in [4.78, 5) is 12.1. The summed E-state index contributed by atoms with van der Waals surface area (Å²) in [5.74, 6) is 3.32. The average molecular weight is 220 g/mol. The van der Waals surface area contributed by atoms with E-state index in [1.165, 1.54) is 6.42 Å². The molecule has 2 fully saturated rings. The maximum atomic E-state index is 12.1. The third-order valence-electron chi connectivity index (χ3n) is 3.81. The lowest BCUT2D eigenvalue weighted by Crippen LogP contribution is -2.12. The lowest BCUT2D eigenvalue weighted by Gasteiger charge is -2.07. The molecule has 1 aromatic rings. The molecule has 3 rings (SSSR count). The summed E-state index contributed by atoms with van der Waals surface area (Å²) < 4.78 is 10.4. The Bertz CT molecular complexity index is 397. The van der Waals surface area contributed by atoms with Crippen molar-refractivity contribution in [2.45, 2.75) is 25.9 Å². The zero-order valence-electron chi connectivity index (χ0n) is 9.44. The second-order valence-corrected chi connectivity index (χ2v) is 4.99. The van der Waals surface area contributed by atoms with Crippen LogP contribution in [0.25, 0.3) is 0 Å². The molecule has 0 aliphatic heterocycles. The zero-order valence-corrected chi connectivity index (χ0v) is 9.44. The molecule has 2 atom stereocenters. The van der Waals surface area contributed by atoms with Crippen LogP contribution < -0.4 is 0 Å². The van der Waals surface area contributed by atoms with E-state index in [9.17, 15) is 4.79 Å². The molecule has 2 unspecified atom stereocenters. The minimum atomic E-state index is 0.189. The lowest BCUT2D eigenvalue weighted by atomic mass is 9.97.